The number of halogens is 4. The van der Waals surface area contributed by atoms with Crippen LogP contribution < -0.4 is 4.74 Å². The highest BCUT2D eigenvalue weighted by Gasteiger charge is 2.23. The van der Waals surface area contributed by atoms with Gasteiger partial charge in [-0.15, -0.1) is 0 Å². The Morgan fingerprint density at radius 2 is 1.50 bits per heavy atom. The minimum atomic E-state index is -1.90. The molecule has 0 saturated carbocycles. The fourth-order valence-electron chi connectivity index (χ4n) is 0.945. The van der Waals surface area contributed by atoms with Crippen molar-refractivity contribution in [1.29, 1.82) is 0 Å². The van der Waals surface area contributed by atoms with Gasteiger partial charge in [-0.1, -0.05) is 6.58 Å². The molecule has 1 aromatic carbocycles. The Kier molecular flexibility index (Phi) is 2.78. The molecule has 0 heterocycles. The Bertz CT molecular complexity index is 358. The molecular weight excluding hydrogens is 200 g/mol. The van der Waals surface area contributed by atoms with E-state index in [2.05, 4.69) is 11.3 Å². The summed E-state index contributed by atoms with van der Waals surface area (Å²) >= 11 is 0. The van der Waals surface area contributed by atoms with Crippen LogP contribution in [0, 0.1) is 30.2 Å². The van der Waals surface area contributed by atoms with E-state index in [0.717, 1.165) is 13.2 Å². The first-order chi connectivity index (χ1) is 6.50. The molecule has 0 N–H and O–H groups in total. The number of ether oxygens (including phenoxy) is 1. The zero-order valence-corrected chi connectivity index (χ0v) is 7.20. The standard InChI is InChI=1S/C9H6F4O/c1-3-14-9-4(2)5(10)6(11)7(12)8(9)13/h3H,1H2,2H3. The summed E-state index contributed by atoms with van der Waals surface area (Å²) in [6.45, 7) is 4.16. The Balaban J connectivity index is 3.50. The highest BCUT2D eigenvalue weighted by atomic mass is 19.2. The van der Waals surface area contributed by atoms with Crippen molar-refractivity contribution in [3.05, 3.63) is 41.7 Å². The molecule has 5 heteroatoms. The Hall–Kier alpha value is -1.52. The van der Waals surface area contributed by atoms with Gasteiger partial charge in [0, 0.05) is 5.56 Å². The number of benzene rings is 1. The SMILES string of the molecule is C=COc1c(C)c(F)c(F)c(F)c1F. The van der Waals surface area contributed by atoms with Crippen molar-refractivity contribution in [2.75, 3.05) is 0 Å². The van der Waals surface area contributed by atoms with Crippen molar-refractivity contribution >= 4 is 0 Å². The van der Waals surface area contributed by atoms with Gasteiger partial charge in [0.25, 0.3) is 0 Å². The molecular formula is C9H6F4O. The van der Waals surface area contributed by atoms with Gasteiger partial charge in [-0.05, 0) is 6.92 Å². The molecule has 0 saturated heterocycles. The van der Waals surface area contributed by atoms with E-state index in [4.69, 9.17) is 0 Å². The van der Waals surface area contributed by atoms with Crippen LogP contribution >= 0.6 is 0 Å². The molecule has 0 atom stereocenters. The molecule has 0 radical (unpaired) electrons. The van der Waals surface area contributed by atoms with Gasteiger partial charge in [0.15, 0.2) is 17.4 Å². The summed E-state index contributed by atoms with van der Waals surface area (Å²) in [5.41, 5.74) is -0.443. The van der Waals surface area contributed by atoms with E-state index in [0.29, 0.717) is 0 Å². The second-order valence-corrected chi connectivity index (χ2v) is 2.49. The van der Waals surface area contributed by atoms with Crippen LogP contribution in [0.25, 0.3) is 0 Å². The summed E-state index contributed by atoms with van der Waals surface area (Å²) in [6, 6.07) is 0. The van der Waals surface area contributed by atoms with Crippen molar-refractivity contribution in [3.8, 4) is 5.75 Å². The van der Waals surface area contributed by atoms with Crippen molar-refractivity contribution < 1.29 is 22.3 Å². The molecule has 0 fully saturated rings. The lowest BCUT2D eigenvalue weighted by Gasteiger charge is -2.08. The maximum Gasteiger partial charge on any atom is 0.204 e. The highest BCUT2D eigenvalue weighted by molar-refractivity contribution is 5.37. The average molecular weight is 206 g/mol. The van der Waals surface area contributed by atoms with E-state index in [1.807, 2.05) is 0 Å². The summed E-state index contributed by atoms with van der Waals surface area (Å²) in [6.07, 6.45) is 0.794. The molecule has 0 aliphatic rings. The summed E-state index contributed by atoms with van der Waals surface area (Å²) in [7, 11) is 0. The highest BCUT2D eigenvalue weighted by Crippen LogP contribution is 2.29. The lowest BCUT2D eigenvalue weighted by molar-refractivity contribution is 0.366. The normalized spacial score (nSPS) is 10.1. The van der Waals surface area contributed by atoms with Crippen LogP contribution in [-0.2, 0) is 0 Å². The quantitative estimate of drug-likeness (QED) is 0.312. The number of hydrogen-bond donors (Lipinski definition) is 0. The number of hydrogen-bond acceptors (Lipinski definition) is 1. The van der Waals surface area contributed by atoms with E-state index < -0.39 is 34.6 Å². The molecule has 0 unspecified atom stereocenters. The van der Waals surface area contributed by atoms with E-state index in [9.17, 15) is 17.6 Å². The first-order valence-electron chi connectivity index (χ1n) is 3.60. The molecule has 0 aromatic heterocycles. The predicted molar refractivity (Wildman–Crippen MR) is 41.8 cm³/mol. The van der Waals surface area contributed by atoms with Gasteiger partial charge in [-0.2, -0.15) is 4.39 Å². The Morgan fingerprint density at radius 1 is 1.00 bits per heavy atom. The van der Waals surface area contributed by atoms with Crippen LogP contribution in [0.1, 0.15) is 5.56 Å². The van der Waals surface area contributed by atoms with Crippen LogP contribution in [0.15, 0.2) is 12.8 Å². The molecule has 0 bridgehead atoms. The average Bonchev–Trinajstić information content (AvgIpc) is 2.19. The van der Waals surface area contributed by atoms with Crippen LogP contribution in [0.5, 0.6) is 5.75 Å². The fourth-order valence-corrected chi connectivity index (χ4v) is 0.945. The Labute approximate surface area is 77.6 Å². The second kappa shape index (κ2) is 3.69. The monoisotopic (exact) mass is 206 g/mol. The number of rotatable bonds is 2. The Morgan fingerprint density at radius 3 is 2.00 bits per heavy atom. The third-order valence-electron chi connectivity index (χ3n) is 1.65. The van der Waals surface area contributed by atoms with Gasteiger partial charge in [0.05, 0.1) is 6.26 Å². The van der Waals surface area contributed by atoms with Gasteiger partial charge in [0.2, 0.25) is 11.6 Å². The molecule has 1 aromatic rings. The van der Waals surface area contributed by atoms with Crippen molar-refractivity contribution in [3.63, 3.8) is 0 Å². The van der Waals surface area contributed by atoms with Crippen LogP contribution in [0.3, 0.4) is 0 Å². The predicted octanol–water partition coefficient (Wildman–Crippen LogP) is 3.07. The molecule has 76 valence electrons. The summed E-state index contributed by atoms with van der Waals surface area (Å²) in [5, 5.41) is 0. The molecule has 1 rings (SSSR count). The van der Waals surface area contributed by atoms with Gasteiger partial charge < -0.3 is 4.74 Å². The van der Waals surface area contributed by atoms with Crippen molar-refractivity contribution in [2.24, 2.45) is 0 Å². The van der Waals surface area contributed by atoms with Gasteiger partial charge in [-0.3, -0.25) is 0 Å². The van der Waals surface area contributed by atoms with E-state index in [1.165, 1.54) is 0 Å². The molecule has 0 spiro atoms. The minimum absolute atomic E-state index is 0.443. The van der Waals surface area contributed by atoms with Crippen LogP contribution in [0.4, 0.5) is 17.6 Å². The van der Waals surface area contributed by atoms with Crippen LogP contribution in [0.2, 0.25) is 0 Å². The molecule has 1 nitrogen and oxygen atoms in total. The van der Waals surface area contributed by atoms with Crippen molar-refractivity contribution in [2.45, 2.75) is 6.92 Å². The van der Waals surface area contributed by atoms with Gasteiger partial charge >= 0.3 is 0 Å². The van der Waals surface area contributed by atoms with E-state index in [-0.39, 0.29) is 0 Å². The van der Waals surface area contributed by atoms with E-state index >= 15 is 0 Å². The van der Waals surface area contributed by atoms with E-state index in [1.54, 1.807) is 0 Å². The lowest BCUT2D eigenvalue weighted by atomic mass is 10.2. The molecule has 14 heavy (non-hydrogen) atoms. The third-order valence-corrected chi connectivity index (χ3v) is 1.65. The smallest absolute Gasteiger partial charge is 0.204 e. The van der Waals surface area contributed by atoms with Gasteiger partial charge in [-0.25, -0.2) is 13.2 Å². The lowest BCUT2D eigenvalue weighted by Crippen LogP contribution is -2.02. The van der Waals surface area contributed by atoms with Crippen LogP contribution in [-0.4, -0.2) is 0 Å². The maximum atomic E-state index is 12.9. The largest absolute Gasteiger partial charge is 0.462 e. The zero-order chi connectivity index (χ0) is 10.9. The summed E-state index contributed by atoms with van der Waals surface area (Å²) in [5.74, 6) is -7.49. The molecule has 0 aliphatic heterocycles. The summed E-state index contributed by atoms with van der Waals surface area (Å²) in [4.78, 5) is 0. The summed E-state index contributed by atoms with van der Waals surface area (Å²) < 4.78 is 55.5. The minimum Gasteiger partial charge on any atom is -0.462 e. The maximum absolute atomic E-state index is 12.9. The zero-order valence-electron chi connectivity index (χ0n) is 7.20. The second-order valence-electron chi connectivity index (χ2n) is 2.49. The first kappa shape index (κ1) is 10.6. The van der Waals surface area contributed by atoms with Gasteiger partial charge in [0.1, 0.15) is 0 Å². The fraction of sp³-hybridized carbons (Fsp3) is 0.111. The first-order valence-corrected chi connectivity index (χ1v) is 3.60. The molecule has 0 aliphatic carbocycles. The molecule has 0 amide bonds. The van der Waals surface area contributed by atoms with Crippen molar-refractivity contribution in [1.82, 2.24) is 0 Å². The third kappa shape index (κ3) is 1.45. The topological polar surface area (TPSA) is 9.23 Å².